The lowest BCUT2D eigenvalue weighted by Crippen LogP contribution is -2.51. The molecule has 1 aromatic carbocycles. The molecule has 1 unspecified atom stereocenters. The van der Waals surface area contributed by atoms with E-state index < -0.39 is 5.60 Å². The predicted octanol–water partition coefficient (Wildman–Crippen LogP) is 2.78. The molecule has 1 amide bonds. The van der Waals surface area contributed by atoms with E-state index in [2.05, 4.69) is 37.9 Å². The van der Waals surface area contributed by atoms with E-state index in [1.165, 1.54) is 0 Å². The second kappa shape index (κ2) is 6.77. The number of morpholine rings is 1. The van der Waals surface area contributed by atoms with E-state index >= 15 is 0 Å². The van der Waals surface area contributed by atoms with Crippen LogP contribution in [0.5, 0.6) is 0 Å². The molecule has 1 aliphatic rings. The van der Waals surface area contributed by atoms with Crippen LogP contribution in [0.15, 0.2) is 42.7 Å². The molecule has 0 N–H and O–H groups in total. The van der Waals surface area contributed by atoms with Gasteiger partial charge in [0.2, 0.25) is 5.91 Å². The highest BCUT2D eigenvalue weighted by atomic mass is 16.5. The molecule has 0 saturated carbocycles. The number of aromatic nitrogens is 2. The van der Waals surface area contributed by atoms with Crippen LogP contribution in [0, 0.1) is 0 Å². The van der Waals surface area contributed by atoms with Gasteiger partial charge in [0.1, 0.15) is 18.0 Å². The SMILES string of the molecule is CC(C)c1nccn1CC(=O)N1CCOC(C)(c2ccccc2)C1. The third-order valence-corrected chi connectivity index (χ3v) is 4.58. The largest absolute Gasteiger partial charge is 0.367 e. The molecule has 1 saturated heterocycles. The van der Waals surface area contributed by atoms with Crippen molar-refractivity contribution in [2.45, 2.75) is 38.8 Å². The molecule has 128 valence electrons. The quantitative estimate of drug-likeness (QED) is 0.867. The molecule has 0 spiro atoms. The summed E-state index contributed by atoms with van der Waals surface area (Å²) in [4.78, 5) is 19.0. The van der Waals surface area contributed by atoms with Gasteiger partial charge in [0.25, 0.3) is 0 Å². The Morgan fingerprint density at radius 2 is 2.08 bits per heavy atom. The van der Waals surface area contributed by atoms with Crippen molar-refractivity contribution in [3.8, 4) is 0 Å². The highest BCUT2D eigenvalue weighted by molar-refractivity contribution is 5.76. The fourth-order valence-corrected chi connectivity index (χ4v) is 3.25. The number of carbonyl (C=O) groups is 1. The lowest BCUT2D eigenvalue weighted by Gasteiger charge is -2.41. The van der Waals surface area contributed by atoms with Crippen LogP contribution in [0.2, 0.25) is 0 Å². The predicted molar refractivity (Wildman–Crippen MR) is 92.6 cm³/mol. The van der Waals surface area contributed by atoms with E-state index in [4.69, 9.17) is 4.74 Å². The normalized spacial score (nSPS) is 21.2. The Labute approximate surface area is 143 Å². The second-order valence-electron chi connectivity index (χ2n) is 6.83. The fourth-order valence-electron chi connectivity index (χ4n) is 3.25. The molecule has 3 rings (SSSR count). The van der Waals surface area contributed by atoms with Crippen LogP contribution < -0.4 is 0 Å². The lowest BCUT2D eigenvalue weighted by atomic mass is 9.94. The van der Waals surface area contributed by atoms with Gasteiger partial charge < -0.3 is 14.2 Å². The first-order valence-corrected chi connectivity index (χ1v) is 8.48. The average molecular weight is 327 g/mol. The van der Waals surface area contributed by atoms with E-state index in [1.54, 1.807) is 6.20 Å². The number of amides is 1. The summed E-state index contributed by atoms with van der Waals surface area (Å²) in [5.74, 6) is 1.36. The van der Waals surface area contributed by atoms with Gasteiger partial charge in [-0.3, -0.25) is 4.79 Å². The first kappa shape index (κ1) is 16.7. The Hall–Kier alpha value is -2.14. The van der Waals surface area contributed by atoms with Crippen LogP contribution >= 0.6 is 0 Å². The zero-order valence-corrected chi connectivity index (χ0v) is 14.6. The number of hydrogen-bond donors (Lipinski definition) is 0. The molecule has 0 bridgehead atoms. The van der Waals surface area contributed by atoms with Gasteiger partial charge in [0, 0.05) is 24.9 Å². The minimum absolute atomic E-state index is 0.111. The summed E-state index contributed by atoms with van der Waals surface area (Å²) in [6.07, 6.45) is 3.64. The van der Waals surface area contributed by atoms with Crippen molar-refractivity contribution < 1.29 is 9.53 Å². The van der Waals surface area contributed by atoms with E-state index in [0.717, 1.165) is 11.4 Å². The minimum Gasteiger partial charge on any atom is -0.367 e. The van der Waals surface area contributed by atoms with Crippen LogP contribution in [0.3, 0.4) is 0 Å². The summed E-state index contributed by atoms with van der Waals surface area (Å²) in [5, 5.41) is 0. The minimum atomic E-state index is -0.453. The molecule has 1 atom stereocenters. The zero-order valence-electron chi connectivity index (χ0n) is 14.6. The molecule has 1 aliphatic heterocycles. The number of ether oxygens (including phenoxy) is 1. The number of rotatable bonds is 4. The first-order chi connectivity index (χ1) is 11.5. The highest BCUT2D eigenvalue weighted by Crippen LogP contribution is 2.29. The Morgan fingerprint density at radius 3 is 2.79 bits per heavy atom. The lowest BCUT2D eigenvalue weighted by molar-refractivity contribution is -0.150. The van der Waals surface area contributed by atoms with Gasteiger partial charge in [0.15, 0.2) is 0 Å². The van der Waals surface area contributed by atoms with Crippen LogP contribution in [0.4, 0.5) is 0 Å². The van der Waals surface area contributed by atoms with Crippen molar-refractivity contribution in [1.29, 1.82) is 0 Å². The van der Waals surface area contributed by atoms with Crippen molar-refractivity contribution in [3.63, 3.8) is 0 Å². The first-order valence-electron chi connectivity index (χ1n) is 8.48. The van der Waals surface area contributed by atoms with Gasteiger partial charge in [0.05, 0.1) is 13.2 Å². The van der Waals surface area contributed by atoms with Crippen molar-refractivity contribution in [3.05, 3.63) is 54.1 Å². The third-order valence-electron chi connectivity index (χ3n) is 4.58. The van der Waals surface area contributed by atoms with Crippen molar-refractivity contribution in [1.82, 2.24) is 14.5 Å². The maximum absolute atomic E-state index is 12.8. The van der Waals surface area contributed by atoms with Crippen molar-refractivity contribution >= 4 is 5.91 Å². The monoisotopic (exact) mass is 327 g/mol. The summed E-state index contributed by atoms with van der Waals surface area (Å²) >= 11 is 0. The van der Waals surface area contributed by atoms with Gasteiger partial charge in [-0.2, -0.15) is 0 Å². The second-order valence-corrected chi connectivity index (χ2v) is 6.83. The summed E-state index contributed by atoms with van der Waals surface area (Å²) in [5.41, 5.74) is 0.651. The van der Waals surface area contributed by atoms with E-state index in [9.17, 15) is 4.79 Å². The molecule has 1 aromatic heterocycles. The molecule has 5 heteroatoms. The fraction of sp³-hybridized carbons (Fsp3) is 0.474. The van der Waals surface area contributed by atoms with E-state index in [-0.39, 0.29) is 5.91 Å². The molecule has 2 aromatic rings. The smallest absolute Gasteiger partial charge is 0.242 e. The van der Waals surface area contributed by atoms with Gasteiger partial charge in [-0.05, 0) is 12.5 Å². The number of nitrogens with zero attached hydrogens (tertiary/aromatic N) is 3. The molecule has 24 heavy (non-hydrogen) atoms. The van der Waals surface area contributed by atoms with Crippen LogP contribution in [-0.4, -0.2) is 40.1 Å². The Kier molecular flexibility index (Phi) is 4.71. The maximum atomic E-state index is 12.8. The standard InChI is InChI=1S/C19H25N3O2/c1-15(2)18-20-9-10-21(18)13-17(23)22-11-12-24-19(3,14-22)16-7-5-4-6-8-16/h4-10,15H,11-14H2,1-3H3. The molecule has 5 nitrogen and oxygen atoms in total. The topological polar surface area (TPSA) is 47.4 Å². The Balaban J connectivity index is 1.73. The molecule has 0 aliphatic carbocycles. The Bertz CT molecular complexity index is 696. The summed E-state index contributed by atoms with van der Waals surface area (Å²) < 4.78 is 7.96. The van der Waals surface area contributed by atoms with Gasteiger partial charge >= 0.3 is 0 Å². The van der Waals surface area contributed by atoms with Crippen molar-refractivity contribution in [2.75, 3.05) is 19.7 Å². The summed E-state index contributed by atoms with van der Waals surface area (Å²) in [6, 6.07) is 10.1. The van der Waals surface area contributed by atoms with Crippen molar-refractivity contribution in [2.24, 2.45) is 0 Å². The number of benzene rings is 1. The zero-order chi connectivity index (χ0) is 17.2. The molecule has 0 radical (unpaired) electrons. The number of hydrogen-bond acceptors (Lipinski definition) is 3. The molecular weight excluding hydrogens is 302 g/mol. The summed E-state index contributed by atoms with van der Waals surface area (Å²) in [6.45, 7) is 8.32. The molecule has 2 heterocycles. The van der Waals surface area contributed by atoms with Gasteiger partial charge in [-0.25, -0.2) is 4.98 Å². The summed E-state index contributed by atoms with van der Waals surface area (Å²) in [7, 11) is 0. The van der Waals surface area contributed by atoms with Crippen LogP contribution in [0.1, 0.15) is 38.1 Å². The van der Waals surface area contributed by atoms with Gasteiger partial charge in [-0.15, -0.1) is 0 Å². The van der Waals surface area contributed by atoms with Crippen LogP contribution in [0.25, 0.3) is 0 Å². The molecule has 1 fully saturated rings. The van der Waals surface area contributed by atoms with Crippen LogP contribution in [-0.2, 0) is 21.7 Å². The molecular formula is C19H25N3O2. The number of imidazole rings is 1. The highest BCUT2D eigenvalue weighted by Gasteiger charge is 2.35. The third kappa shape index (κ3) is 3.36. The maximum Gasteiger partial charge on any atom is 0.242 e. The van der Waals surface area contributed by atoms with E-state index in [1.807, 2.05) is 33.9 Å². The number of carbonyl (C=O) groups excluding carboxylic acids is 1. The van der Waals surface area contributed by atoms with Gasteiger partial charge in [-0.1, -0.05) is 44.2 Å². The Morgan fingerprint density at radius 1 is 1.33 bits per heavy atom. The average Bonchev–Trinajstić information content (AvgIpc) is 3.04. The van der Waals surface area contributed by atoms with E-state index in [0.29, 0.717) is 32.2 Å².